The summed E-state index contributed by atoms with van der Waals surface area (Å²) in [5, 5.41) is 3.37. The van der Waals surface area contributed by atoms with Crippen LogP contribution in [0, 0.1) is 0 Å². The van der Waals surface area contributed by atoms with Crippen molar-refractivity contribution in [3.8, 4) is 10.6 Å². The number of rotatable bonds is 2. The van der Waals surface area contributed by atoms with Crippen LogP contribution < -0.4 is 5.46 Å². The maximum Gasteiger partial charge on any atom is 0.494 e. The molecule has 1 aromatic heterocycles. The Morgan fingerprint density at radius 3 is 2.29 bits per heavy atom. The summed E-state index contributed by atoms with van der Waals surface area (Å²) in [5.41, 5.74) is 2.59. The standard InChI is InChI=1S/C23H22BNO2S/c1-22(2)23(3,4)27-24(26-22)17-11-12-18-16(14-17)10-13-19-20(18)25-21(28-19)15-8-6-5-7-9-15/h5-14H,1-4H3. The molecule has 28 heavy (non-hydrogen) atoms. The largest absolute Gasteiger partial charge is 0.494 e. The SMILES string of the molecule is CC1(C)OB(c2ccc3c(ccc4sc(-c5ccccc5)nc43)c2)OC1(C)C. The van der Waals surface area contributed by atoms with Crippen molar-refractivity contribution in [1.29, 1.82) is 0 Å². The highest BCUT2D eigenvalue weighted by molar-refractivity contribution is 7.21. The van der Waals surface area contributed by atoms with E-state index in [1.54, 1.807) is 11.3 Å². The fourth-order valence-corrected chi connectivity index (χ4v) is 4.56. The minimum absolute atomic E-state index is 0.337. The summed E-state index contributed by atoms with van der Waals surface area (Å²) in [4.78, 5) is 4.94. The quantitative estimate of drug-likeness (QED) is 0.431. The van der Waals surface area contributed by atoms with E-state index in [1.807, 2.05) is 6.07 Å². The third-order valence-electron chi connectivity index (χ3n) is 5.94. The van der Waals surface area contributed by atoms with Crippen molar-refractivity contribution in [1.82, 2.24) is 4.98 Å². The van der Waals surface area contributed by atoms with E-state index in [2.05, 4.69) is 82.3 Å². The van der Waals surface area contributed by atoms with Gasteiger partial charge in [0.1, 0.15) is 5.01 Å². The Hall–Kier alpha value is -2.21. The second kappa shape index (κ2) is 6.15. The van der Waals surface area contributed by atoms with Crippen LogP contribution in [0.3, 0.4) is 0 Å². The van der Waals surface area contributed by atoms with Gasteiger partial charge in [-0.25, -0.2) is 4.98 Å². The lowest BCUT2D eigenvalue weighted by atomic mass is 9.78. The van der Waals surface area contributed by atoms with Crippen molar-refractivity contribution in [2.24, 2.45) is 0 Å². The number of aromatic nitrogens is 1. The van der Waals surface area contributed by atoms with Crippen LogP contribution >= 0.6 is 11.3 Å². The molecule has 0 radical (unpaired) electrons. The first-order chi connectivity index (χ1) is 13.3. The van der Waals surface area contributed by atoms with Gasteiger partial charge in [0.15, 0.2) is 0 Å². The average Bonchev–Trinajstić information content (AvgIpc) is 3.20. The second-order valence-electron chi connectivity index (χ2n) is 8.37. The number of hydrogen-bond donors (Lipinski definition) is 0. The zero-order valence-corrected chi connectivity index (χ0v) is 17.3. The third kappa shape index (κ3) is 2.77. The van der Waals surface area contributed by atoms with Crippen molar-refractivity contribution in [3.05, 3.63) is 60.7 Å². The first-order valence-corrected chi connectivity index (χ1v) is 10.4. The van der Waals surface area contributed by atoms with Gasteiger partial charge in [0.05, 0.1) is 21.4 Å². The van der Waals surface area contributed by atoms with Crippen LogP contribution in [0.2, 0.25) is 0 Å². The van der Waals surface area contributed by atoms with Crippen LogP contribution in [0.5, 0.6) is 0 Å². The normalized spacial score (nSPS) is 18.2. The van der Waals surface area contributed by atoms with Crippen molar-refractivity contribution in [2.75, 3.05) is 0 Å². The Balaban J connectivity index is 1.57. The van der Waals surface area contributed by atoms with Crippen LogP contribution in [-0.2, 0) is 9.31 Å². The number of nitrogens with zero attached hydrogens (tertiary/aromatic N) is 1. The molecule has 0 atom stereocenters. The maximum absolute atomic E-state index is 6.21. The highest BCUT2D eigenvalue weighted by Crippen LogP contribution is 2.37. The molecule has 1 aliphatic rings. The summed E-state index contributed by atoms with van der Waals surface area (Å²) in [6.07, 6.45) is 0. The maximum atomic E-state index is 6.21. The first-order valence-electron chi connectivity index (χ1n) is 9.58. The molecule has 0 amide bonds. The van der Waals surface area contributed by atoms with Crippen molar-refractivity contribution in [2.45, 2.75) is 38.9 Å². The molecule has 0 N–H and O–H groups in total. The molecular weight excluding hydrogens is 365 g/mol. The number of benzene rings is 3. The van der Waals surface area contributed by atoms with Crippen LogP contribution in [-0.4, -0.2) is 23.3 Å². The second-order valence-corrected chi connectivity index (χ2v) is 9.40. The van der Waals surface area contributed by atoms with Crippen LogP contribution in [0.15, 0.2) is 60.7 Å². The highest BCUT2D eigenvalue weighted by Gasteiger charge is 2.51. The van der Waals surface area contributed by atoms with Crippen molar-refractivity contribution >= 4 is 44.9 Å². The lowest BCUT2D eigenvalue weighted by Crippen LogP contribution is -2.41. The zero-order valence-electron chi connectivity index (χ0n) is 16.5. The van der Waals surface area contributed by atoms with Gasteiger partial charge in [-0.1, -0.05) is 54.6 Å². The smallest absolute Gasteiger partial charge is 0.399 e. The van der Waals surface area contributed by atoms with E-state index < -0.39 is 0 Å². The molecule has 0 bridgehead atoms. The predicted octanol–water partition coefficient (Wildman–Crippen LogP) is 5.42. The minimum Gasteiger partial charge on any atom is -0.399 e. The van der Waals surface area contributed by atoms with Gasteiger partial charge in [-0.05, 0) is 44.6 Å². The molecule has 3 nitrogen and oxygen atoms in total. The molecule has 1 aliphatic heterocycles. The van der Waals surface area contributed by atoms with Crippen LogP contribution in [0.4, 0.5) is 0 Å². The van der Waals surface area contributed by atoms with E-state index in [4.69, 9.17) is 14.3 Å². The predicted molar refractivity (Wildman–Crippen MR) is 118 cm³/mol. The molecule has 0 unspecified atom stereocenters. The van der Waals surface area contributed by atoms with Gasteiger partial charge in [-0.2, -0.15) is 0 Å². The van der Waals surface area contributed by atoms with E-state index in [9.17, 15) is 0 Å². The number of thiazole rings is 1. The van der Waals surface area contributed by atoms with Gasteiger partial charge in [-0.3, -0.25) is 0 Å². The third-order valence-corrected chi connectivity index (χ3v) is 7.01. The lowest BCUT2D eigenvalue weighted by molar-refractivity contribution is 0.00578. The molecule has 2 heterocycles. The average molecular weight is 387 g/mol. The lowest BCUT2D eigenvalue weighted by Gasteiger charge is -2.32. The zero-order chi connectivity index (χ0) is 19.5. The van der Waals surface area contributed by atoms with E-state index in [-0.39, 0.29) is 18.3 Å². The summed E-state index contributed by atoms with van der Waals surface area (Å²) < 4.78 is 13.6. The Kier molecular flexibility index (Phi) is 3.92. The van der Waals surface area contributed by atoms with Crippen molar-refractivity contribution in [3.63, 3.8) is 0 Å². The van der Waals surface area contributed by atoms with E-state index in [0.717, 1.165) is 32.3 Å². The van der Waals surface area contributed by atoms with Crippen LogP contribution in [0.25, 0.3) is 31.6 Å². The summed E-state index contributed by atoms with van der Waals surface area (Å²) in [7, 11) is -0.347. The Morgan fingerprint density at radius 2 is 1.57 bits per heavy atom. The number of fused-ring (bicyclic) bond motifs is 3. The monoisotopic (exact) mass is 387 g/mol. The van der Waals surface area contributed by atoms with Gasteiger partial charge in [0, 0.05) is 10.9 Å². The summed E-state index contributed by atoms with van der Waals surface area (Å²) in [6, 6.07) is 21.1. The summed E-state index contributed by atoms with van der Waals surface area (Å²) >= 11 is 1.73. The first kappa shape index (κ1) is 17.9. The van der Waals surface area contributed by atoms with Gasteiger partial charge in [0.2, 0.25) is 0 Å². The Labute approximate surface area is 169 Å². The molecule has 3 aromatic carbocycles. The molecule has 0 spiro atoms. The Bertz CT molecular complexity index is 1170. The molecule has 4 aromatic rings. The summed E-state index contributed by atoms with van der Waals surface area (Å²) in [5.74, 6) is 0. The summed E-state index contributed by atoms with van der Waals surface area (Å²) in [6.45, 7) is 8.33. The number of hydrogen-bond acceptors (Lipinski definition) is 4. The van der Waals surface area contributed by atoms with E-state index in [1.165, 1.54) is 4.70 Å². The van der Waals surface area contributed by atoms with E-state index >= 15 is 0 Å². The topological polar surface area (TPSA) is 31.4 Å². The van der Waals surface area contributed by atoms with Gasteiger partial charge in [0.25, 0.3) is 0 Å². The van der Waals surface area contributed by atoms with Crippen LogP contribution in [0.1, 0.15) is 27.7 Å². The minimum atomic E-state index is -0.347. The molecular formula is C23H22BNO2S. The molecule has 1 saturated heterocycles. The molecule has 0 saturated carbocycles. The molecule has 1 fully saturated rings. The van der Waals surface area contributed by atoms with Gasteiger partial charge >= 0.3 is 7.12 Å². The van der Waals surface area contributed by atoms with Gasteiger partial charge < -0.3 is 9.31 Å². The Morgan fingerprint density at radius 1 is 0.857 bits per heavy atom. The fourth-order valence-electron chi connectivity index (χ4n) is 3.57. The van der Waals surface area contributed by atoms with Gasteiger partial charge in [-0.15, -0.1) is 11.3 Å². The fraction of sp³-hybridized carbons (Fsp3) is 0.261. The highest BCUT2D eigenvalue weighted by atomic mass is 32.1. The van der Waals surface area contributed by atoms with Crippen molar-refractivity contribution < 1.29 is 9.31 Å². The molecule has 0 aliphatic carbocycles. The molecule has 5 rings (SSSR count). The molecule has 140 valence electrons. The molecule has 5 heteroatoms. The van der Waals surface area contributed by atoms with E-state index in [0.29, 0.717) is 0 Å².